The van der Waals surface area contributed by atoms with Crippen molar-refractivity contribution in [3.8, 4) is 0 Å². The smallest absolute Gasteiger partial charge is 0.336 e. The molecule has 0 bridgehead atoms. The number of carbonyl (C=O) groups excluding carboxylic acids is 1. The van der Waals surface area contributed by atoms with Gasteiger partial charge in [0.15, 0.2) is 10.1 Å². The number of ether oxygens (including phenoxy) is 1. The highest BCUT2D eigenvalue weighted by molar-refractivity contribution is 7.15. The van der Waals surface area contributed by atoms with Crippen LogP contribution in [-0.4, -0.2) is 15.4 Å². The molecule has 0 atom stereocenters. The van der Waals surface area contributed by atoms with Crippen molar-refractivity contribution in [2.75, 3.05) is 0 Å². The molecule has 0 N–H and O–H groups in total. The van der Waals surface area contributed by atoms with Crippen molar-refractivity contribution in [2.24, 2.45) is 0 Å². The zero-order chi connectivity index (χ0) is 21.4. The lowest BCUT2D eigenvalue weighted by atomic mass is 9.95. The second-order valence-electron chi connectivity index (χ2n) is 7.23. The van der Waals surface area contributed by atoms with Crippen LogP contribution in [0, 0.1) is 6.92 Å². The molecule has 154 valence electrons. The zero-order valence-electron chi connectivity index (χ0n) is 16.6. The highest BCUT2D eigenvalue weighted by Crippen LogP contribution is 2.27. The fourth-order valence-electron chi connectivity index (χ4n) is 3.40. The second kappa shape index (κ2) is 8.08. The molecule has 0 spiro atoms. The molecule has 6 nitrogen and oxygen atoms in total. The predicted molar refractivity (Wildman–Crippen MR) is 118 cm³/mol. The van der Waals surface area contributed by atoms with Gasteiger partial charge in [-0.15, -0.1) is 11.3 Å². The number of carbonyl (C=O) groups is 1. The van der Waals surface area contributed by atoms with E-state index in [0.717, 1.165) is 21.5 Å². The molecule has 8 heteroatoms. The molecule has 4 rings (SSSR count). The number of rotatable bonds is 5. The zero-order valence-corrected chi connectivity index (χ0v) is 18.2. The average molecular weight is 443 g/mol. The van der Waals surface area contributed by atoms with E-state index in [-0.39, 0.29) is 6.61 Å². The molecule has 0 unspecified atom stereocenters. The number of halogens is 1. The first-order valence-corrected chi connectivity index (χ1v) is 10.6. The van der Waals surface area contributed by atoms with E-state index in [2.05, 4.69) is 18.8 Å². The number of esters is 1. The molecule has 3 heterocycles. The molecule has 0 saturated heterocycles. The maximum atomic E-state index is 12.3. The first-order chi connectivity index (χ1) is 14.3. The number of aryl methyl sites for hydroxylation is 1. The Morgan fingerprint density at radius 2 is 2.17 bits per heavy atom. The van der Waals surface area contributed by atoms with Crippen molar-refractivity contribution in [3.05, 3.63) is 73.8 Å². The van der Waals surface area contributed by atoms with Crippen LogP contribution in [0.1, 0.15) is 42.1 Å². The van der Waals surface area contributed by atoms with Crippen molar-refractivity contribution in [1.29, 1.82) is 0 Å². The van der Waals surface area contributed by atoms with Crippen LogP contribution in [0.15, 0.2) is 45.1 Å². The van der Waals surface area contributed by atoms with Crippen LogP contribution in [0.3, 0.4) is 0 Å². The molecule has 0 aliphatic heterocycles. The molecule has 0 aliphatic carbocycles. The van der Waals surface area contributed by atoms with E-state index >= 15 is 0 Å². The number of nitrogens with zero attached hydrogens (tertiary/aromatic N) is 2. The van der Waals surface area contributed by atoms with Crippen molar-refractivity contribution in [3.63, 3.8) is 0 Å². The summed E-state index contributed by atoms with van der Waals surface area (Å²) in [5.41, 5.74) is 3.41. The molecule has 30 heavy (non-hydrogen) atoms. The SMILES string of the molecule is Cc1cc2oc(=O)cc(COC(=O)C=Cc3c(Cl)nc4sccn34)c2cc1C(C)C. The summed E-state index contributed by atoms with van der Waals surface area (Å²) in [6.07, 6.45) is 4.69. The predicted octanol–water partition coefficient (Wildman–Crippen LogP) is 5.34. The number of fused-ring (bicyclic) bond motifs is 2. The number of imidazole rings is 1. The number of aromatic nitrogens is 2. The van der Waals surface area contributed by atoms with Gasteiger partial charge in [0.05, 0.1) is 5.69 Å². The molecule has 0 aliphatic rings. The van der Waals surface area contributed by atoms with Gasteiger partial charge in [0.1, 0.15) is 12.2 Å². The van der Waals surface area contributed by atoms with Crippen molar-refractivity contribution < 1.29 is 13.9 Å². The summed E-state index contributed by atoms with van der Waals surface area (Å²) >= 11 is 7.58. The van der Waals surface area contributed by atoms with Crippen LogP contribution in [0.4, 0.5) is 0 Å². The van der Waals surface area contributed by atoms with E-state index in [4.69, 9.17) is 20.8 Å². The average Bonchev–Trinajstić information content (AvgIpc) is 3.24. The van der Waals surface area contributed by atoms with Crippen molar-refractivity contribution in [1.82, 2.24) is 9.38 Å². The van der Waals surface area contributed by atoms with Crippen LogP contribution in [0.25, 0.3) is 22.0 Å². The lowest BCUT2D eigenvalue weighted by molar-refractivity contribution is -0.138. The summed E-state index contributed by atoms with van der Waals surface area (Å²) in [6, 6.07) is 5.21. The Kier molecular flexibility index (Phi) is 5.49. The van der Waals surface area contributed by atoms with Gasteiger partial charge < -0.3 is 9.15 Å². The first kappa shape index (κ1) is 20.4. The highest BCUT2D eigenvalue weighted by atomic mass is 35.5. The van der Waals surface area contributed by atoms with E-state index < -0.39 is 11.6 Å². The number of hydrogen-bond acceptors (Lipinski definition) is 6. The molecule has 4 aromatic rings. The van der Waals surface area contributed by atoms with Gasteiger partial charge in [-0.05, 0) is 42.2 Å². The quantitative estimate of drug-likeness (QED) is 0.237. The lowest BCUT2D eigenvalue weighted by Crippen LogP contribution is -2.06. The summed E-state index contributed by atoms with van der Waals surface area (Å²) in [5.74, 6) is -0.233. The third-order valence-electron chi connectivity index (χ3n) is 4.84. The van der Waals surface area contributed by atoms with E-state index in [1.54, 1.807) is 10.5 Å². The minimum atomic E-state index is -0.547. The number of benzene rings is 1. The summed E-state index contributed by atoms with van der Waals surface area (Å²) in [5, 5.41) is 2.96. The molecule has 0 amide bonds. The Morgan fingerprint density at radius 3 is 2.93 bits per heavy atom. The summed E-state index contributed by atoms with van der Waals surface area (Å²) in [6.45, 7) is 6.14. The van der Waals surface area contributed by atoms with Crippen molar-refractivity contribution >= 4 is 50.9 Å². The van der Waals surface area contributed by atoms with Crippen LogP contribution in [-0.2, 0) is 16.1 Å². The largest absolute Gasteiger partial charge is 0.458 e. The Morgan fingerprint density at radius 1 is 1.37 bits per heavy atom. The fourth-order valence-corrected chi connectivity index (χ4v) is 4.41. The van der Waals surface area contributed by atoms with Crippen LogP contribution in [0.5, 0.6) is 0 Å². The maximum Gasteiger partial charge on any atom is 0.336 e. The van der Waals surface area contributed by atoms with Gasteiger partial charge in [-0.2, -0.15) is 0 Å². The van der Waals surface area contributed by atoms with Gasteiger partial charge in [-0.3, -0.25) is 4.40 Å². The highest BCUT2D eigenvalue weighted by Gasteiger charge is 2.13. The van der Waals surface area contributed by atoms with E-state index in [0.29, 0.717) is 27.9 Å². The number of thiazole rings is 1. The Balaban J connectivity index is 1.57. The van der Waals surface area contributed by atoms with E-state index in [9.17, 15) is 9.59 Å². The van der Waals surface area contributed by atoms with Crippen LogP contribution < -0.4 is 5.63 Å². The Labute approximate surface area is 181 Å². The summed E-state index contributed by atoms with van der Waals surface area (Å²) < 4.78 is 12.5. The molecular weight excluding hydrogens is 424 g/mol. The fraction of sp³-hybridized carbons (Fsp3) is 0.227. The normalized spacial score (nSPS) is 11.9. The van der Waals surface area contributed by atoms with Gasteiger partial charge in [0, 0.05) is 34.7 Å². The minimum absolute atomic E-state index is 0.0418. The minimum Gasteiger partial charge on any atom is -0.458 e. The standard InChI is InChI=1S/C22H19ClN2O4S/c1-12(2)15-10-16-14(9-20(27)29-18(16)8-13(15)3)11-28-19(26)5-4-17-21(23)24-22-25(17)6-7-30-22/h4-10,12H,11H2,1-3H3. The van der Waals surface area contributed by atoms with Gasteiger partial charge in [-0.1, -0.05) is 25.4 Å². The summed E-state index contributed by atoms with van der Waals surface area (Å²) in [7, 11) is 0. The van der Waals surface area contributed by atoms with E-state index in [1.165, 1.54) is 23.5 Å². The third kappa shape index (κ3) is 3.91. The van der Waals surface area contributed by atoms with Gasteiger partial charge >= 0.3 is 11.6 Å². The van der Waals surface area contributed by atoms with Gasteiger partial charge in [0.25, 0.3) is 0 Å². The Hall–Kier alpha value is -2.90. The van der Waals surface area contributed by atoms with Gasteiger partial charge in [-0.25, -0.2) is 14.6 Å². The topological polar surface area (TPSA) is 73.8 Å². The third-order valence-corrected chi connectivity index (χ3v) is 5.87. The van der Waals surface area contributed by atoms with Crippen molar-refractivity contribution in [2.45, 2.75) is 33.3 Å². The second-order valence-corrected chi connectivity index (χ2v) is 8.47. The molecule has 0 radical (unpaired) electrons. The lowest BCUT2D eigenvalue weighted by Gasteiger charge is -2.13. The van der Waals surface area contributed by atoms with Gasteiger partial charge in [0.2, 0.25) is 0 Å². The summed E-state index contributed by atoms with van der Waals surface area (Å²) in [4.78, 5) is 29.2. The van der Waals surface area contributed by atoms with Crippen LogP contribution >= 0.6 is 22.9 Å². The first-order valence-electron chi connectivity index (χ1n) is 9.36. The van der Waals surface area contributed by atoms with E-state index in [1.807, 2.05) is 30.6 Å². The molecule has 0 saturated carbocycles. The van der Waals surface area contributed by atoms with Crippen LogP contribution in [0.2, 0.25) is 5.15 Å². The monoisotopic (exact) mass is 442 g/mol. The molecular formula is C22H19ClN2O4S. The molecule has 0 fully saturated rings. The maximum absolute atomic E-state index is 12.3. The number of hydrogen-bond donors (Lipinski definition) is 0. The molecule has 1 aromatic carbocycles. The molecule has 3 aromatic heterocycles. The Bertz CT molecular complexity index is 1350.